The van der Waals surface area contributed by atoms with Gasteiger partial charge in [-0.3, -0.25) is 0 Å². The van der Waals surface area contributed by atoms with Crippen LogP contribution in [0.4, 0.5) is 5.82 Å². The molecule has 3 heterocycles. The van der Waals surface area contributed by atoms with Crippen LogP contribution in [0.3, 0.4) is 0 Å². The standard InChI is InChI=1S/C11H14N4/c1-2-8-14(9-3-1)11-5-6-12-10-4-7-13-15(10)11/h4-7H,1-3,8-9H2. The first kappa shape index (κ1) is 8.71. The molecule has 0 bridgehead atoms. The molecule has 0 amide bonds. The average molecular weight is 202 g/mol. The molecule has 4 nitrogen and oxygen atoms in total. The third kappa shape index (κ3) is 1.46. The predicted octanol–water partition coefficient (Wildman–Crippen LogP) is 1.72. The summed E-state index contributed by atoms with van der Waals surface area (Å²) in [6.45, 7) is 2.28. The SMILES string of the molecule is c1cc(N2CCCCC2)n2nccc2n1. The first-order valence-corrected chi connectivity index (χ1v) is 5.49. The van der Waals surface area contributed by atoms with Crippen LogP contribution in [0.25, 0.3) is 5.65 Å². The van der Waals surface area contributed by atoms with Gasteiger partial charge in [-0.2, -0.15) is 9.61 Å². The van der Waals surface area contributed by atoms with E-state index in [1.807, 2.05) is 22.8 Å². The van der Waals surface area contributed by atoms with Gasteiger partial charge in [-0.1, -0.05) is 0 Å². The van der Waals surface area contributed by atoms with Crippen molar-refractivity contribution < 1.29 is 0 Å². The minimum atomic E-state index is 0.929. The normalized spacial score (nSPS) is 17.2. The fraction of sp³-hybridized carbons (Fsp3) is 0.455. The maximum Gasteiger partial charge on any atom is 0.157 e. The summed E-state index contributed by atoms with van der Waals surface area (Å²) in [5.74, 6) is 1.17. The van der Waals surface area contributed by atoms with Crippen molar-refractivity contribution in [2.75, 3.05) is 18.0 Å². The third-order valence-corrected chi connectivity index (χ3v) is 2.95. The summed E-state index contributed by atoms with van der Waals surface area (Å²) in [5, 5.41) is 4.31. The Kier molecular flexibility index (Phi) is 2.05. The third-order valence-electron chi connectivity index (χ3n) is 2.95. The van der Waals surface area contributed by atoms with Crippen LogP contribution in [0.15, 0.2) is 24.5 Å². The van der Waals surface area contributed by atoms with Crippen LogP contribution in [-0.2, 0) is 0 Å². The van der Waals surface area contributed by atoms with Gasteiger partial charge in [0.05, 0.1) is 6.20 Å². The second-order valence-corrected chi connectivity index (χ2v) is 3.95. The number of hydrogen-bond donors (Lipinski definition) is 0. The van der Waals surface area contributed by atoms with Gasteiger partial charge in [0.15, 0.2) is 5.65 Å². The highest BCUT2D eigenvalue weighted by Crippen LogP contribution is 2.19. The molecule has 0 spiro atoms. The van der Waals surface area contributed by atoms with Gasteiger partial charge in [0.25, 0.3) is 0 Å². The van der Waals surface area contributed by atoms with Gasteiger partial charge >= 0.3 is 0 Å². The average Bonchev–Trinajstić information content (AvgIpc) is 2.78. The zero-order chi connectivity index (χ0) is 10.1. The molecule has 1 fully saturated rings. The molecule has 2 aromatic rings. The number of nitrogens with zero attached hydrogens (tertiary/aromatic N) is 4. The van der Waals surface area contributed by atoms with Crippen molar-refractivity contribution in [3.05, 3.63) is 24.5 Å². The molecule has 15 heavy (non-hydrogen) atoms. The van der Waals surface area contributed by atoms with E-state index in [-0.39, 0.29) is 0 Å². The predicted molar refractivity (Wildman–Crippen MR) is 59.1 cm³/mol. The van der Waals surface area contributed by atoms with Crippen LogP contribution in [0.1, 0.15) is 19.3 Å². The van der Waals surface area contributed by atoms with E-state index in [0.29, 0.717) is 0 Å². The fourth-order valence-corrected chi connectivity index (χ4v) is 2.18. The van der Waals surface area contributed by atoms with E-state index < -0.39 is 0 Å². The minimum Gasteiger partial charge on any atom is -0.356 e. The molecule has 0 N–H and O–H groups in total. The van der Waals surface area contributed by atoms with Crippen molar-refractivity contribution in [3.63, 3.8) is 0 Å². The Morgan fingerprint density at radius 1 is 1.00 bits per heavy atom. The monoisotopic (exact) mass is 202 g/mol. The number of rotatable bonds is 1. The number of fused-ring (bicyclic) bond motifs is 1. The number of hydrogen-bond acceptors (Lipinski definition) is 3. The number of aromatic nitrogens is 3. The van der Waals surface area contributed by atoms with E-state index in [4.69, 9.17) is 0 Å². The lowest BCUT2D eigenvalue weighted by atomic mass is 10.1. The maximum atomic E-state index is 4.31. The molecule has 0 aliphatic carbocycles. The van der Waals surface area contributed by atoms with Gasteiger partial charge in [0.2, 0.25) is 0 Å². The fourth-order valence-electron chi connectivity index (χ4n) is 2.18. The Labute approximate surface area is 88.5 Å². The zero-order valence-corrected chi connectivity index (χ0v) is 8.63. The quantitative estimate of drug-likeness (QED) is 0.706. The smallest absolute Gasteiger partial charge is 0.157 e. The number of piperidine rings is 1. The molecule has 0 saturated carbocycles. The lowest BCUT2D eigenvalue weighted by molar-refractivity contribution is 0.568. The molecule has 4 heteroatoms. The van der Waals surface area contributed by atoms with Crippen molar-refractivity contribution in [3.8, 4) is 0 Å². The summed E-state index contributed by atoms with van der Waals surface area (Å²) >= 11 is 0. The summed E-state index contributed by atoms with van der Waals surface area (Å²) < 4.78 is 1.92. The van der Waals surface area contributed by atoms with Gasteiger partial charge in [0, 0.05) is 25.4 Å². The molecule has 0 radical (unpaired) electrons. The molecule has 1 aliphatic heterocycles. The van der Waals surface area contributed by atoms with Crippen LogP contribution in [0.2, 0.25) is 0 Å². The van der Waals surface area contributed by atoms with Crippen molar-refractivity contribution in [1.82, 2.24) is 14.6 Å². The molecule has 1 saturated heterocycles. The maximum absolute atomic E-state index is 4.31. The molecule has 3 rings (SSSR count). The molecule has 2 aromatic heterocycles. The Bertz CT molecular complexity index is 456. The van der Waals surface area contributed by atoms with Crippen molar-refractivity contribution in [1.29, 1.82) is 0 Å². The highest BCUT2D eigenvalue weighted by molar-refractivity contribution is 5.48. The minimum absolute atomic E-state index is 0.929. The van der Waals surface area contributed by atoms with Gasteiger partial charge < -0.3 is 4.90 Å². The van der Waals surface area contributed by atoms with Crippen molar-refractivity contribution in [2.45, 2.75) is 19.3 Å². The van der Waals surface area contributed by atoms with E-state index in [2.05, 4.69) is 15.0 Å². The Hall–Kier alpha value is -1.58. The van der Waals surface area contributed by atoms with Gasteiger partial charge in [0.1, 0.15) is 5.82 Å². The summed E-state index contributed by atoms with van der Waals surface area (Å²) in [4.78, 5) is 6.66. The van der Waals surface area contributed by atoms with Crippen LogP contribution >= 0.6 is 0 Å². The molecule has 0 atom stereocenters. The largest absolute Gasteiger partial charge is 0.356 e. The van der Waals surface area contributed by atoms with Gasteiger partial charge in [-0.05, 0) is 25.3 Å². The van der Waals surface area contributed by atoms with Crippen molar-refractivity contribution in [2.24, 2.45) is 0 Å². The first-order chi connectivity index (χ1) is 7.45. The summed E-state index contributed by atoms with van der Waals surface area (Å²) in [6.07, 6.45) is 7.58. The van der Waals surface area contributed by atoms with Crippen LogP contribution in [-0.4, -0.2) is 27.7 Å². The molecule has 1 aliphatic rings. The summed E-state index contributed by atoms with van der Waals surface area (Å²) in [5.41, 5.74) is 0.929. The van der Waals surface area contributed by atoms with E-state index in [0.717, 1.165) is 18.7 Å². The zero-order valence-electron chi connectivity index (χ0n) is 8.63. The van der Waals surface area contributed by atoms with Gasteiger partial charge in [-0.15, -0.1) is 0 Å². The number of anilines is 1. The Morgan fingerprint density at radius 3 is 2.73 bits per heavy atom. The lowest BCUT2D eigenvalue weighted by Gasteiger charge is -2.28. The molecular formula is C11H14N4. The molecule has 0 unspecified atom stereocenters. The summed E-state index contributed by atoms with van der Waals surface area (Å²) in [7, 11) is 0. The second-order valence-electron chi connectivity index (χ2n) is 3.95. The van der Waals surface area contributed by atoms with Crippen LogP contribution in [0.5, 0.6) is 0 Å². The van der Waals surface area contributed by atoms with Crippen molar-refractivity contribution >= 4 is 11.5 Å². The highest BCUT2D eigenvalue weighted by atomic mass is 15.3. The Balaban J connectivity index is 2.05. The second kappa shape index (κ2) is 3.53. The molecular weight excluding hydrogens is 188 g/mol. The van der Waals surface area contributed by atoms with E-state index in [1.54, 1.807) is 6.20 Å². The van der Waals surface area contributed by atoms with Crippen LogP contribution in [0, 0.1) is 0 Å². The van der Waals surface area contributed by atoms with Gasteiger partial charge in [-0.25, -0.2) is 4.98 Å². The molecule has 78 valence electrons. The first-order valence-electron chi connectivity index (χ1n) is 5.49. The highest BCUT2D eigenvalue weighted by Gasteiger charge is 2.13. The Morgan fingerprint density at radius 2 is 1.87 bits per heavy atom. The van der Waals surface area contributed by atoms with E-state index in [1.165, 1.54) is 25.1 Å². The van der Waals surface area contributed by atoms with E-state index in [9.17, 15) is 0 Å². The topological polar surface area (TPSA) is 33.4 Å². The summed E-state index contributed by atoms with van der Waals surface area (Å²) in [6, 6.07) is 3.98. The lowest BCUT2D eigenvalue weighted by Crippen LogP contribution is -2.31. The molecule has 0 aromatic carbocycles. The van der Waals surface area contributed by atoms with E-state index >= 15 is 0 Å². The van der Waals surface area contributed by atoms with Crippen LogP contribution < -0.4 is 4.90 Å².